The van der Waals surface area contributed by atoms with Crippen molar-refractivity contribution in [3.05, 3.63) is 24.3 Å². The number of unbranched alkanes of at least 4 members (excludes halogenated alkanes) is 2. The fourth-order valence-electron chi connectivity index (χ4n) is 2.80. The van der Waals surface area contributed by atoms with Gasteiger partial charge in [0.2, 0.25) is 5.91 Å². The van der Waals surface area contributed by atoms with E-state index in [0.717, 1.165) is 30.4 Å². The van der Waals surface area contributed by atoms with Crippen LogP contribution in [0.3, 0.4) is 0 Å². The number of nitrogens with one attached hydrogen (secondary N) is 1. The highest BCUT2D eigenvalue weighted by molar-refractivity contribution is 6.62. The maximum absolute atomic E-state index is 12.1. The van der Waals surface area contributed by atoms with Gasteiger partial charge in [0.25, 0.3) is 0 Å². The molecule has 1 aromatic rings. The number of hydrogen-bond donors (Lipinski definition) is 1. The molecule has 1 amide bonds. The summed E-state index contributed by atoms with van der Waals surface area (Å²) in [5.41, 5.74) is 0.849. The Hall–Kier alpha value is -1.66. The maximum atomic E-state index is 12.1. The van der Waals surface area contributed by atoms with Gasteiger partial charge in [0.05, 0.1) is 11.2 Å². The summed E-state index contributed by atoms with van der Waals surface area (Å²) < 4.78 is 12.1. The second-order valence-corrected chi connectivity index (χ2v) is 8.02. The molecule has 0 unspecified atom stereocenters. The Balaban J connectivity index is 1.87. The molecule has 1 fully saturated rings. The number of benzene rings is 1. The van der Waals surface area contributed by atoms with E-state index in [1.54, 1.807) is 6.92 Å². The maximum Gasteiger partial charge on any atom is 0.494 e. The highest BCUT2D eigenvalue weighted by atomic mass is 16.7. The van der Waals surface area contributed by atoms with Gasteiger partial charge in [0.1, 0.15) is 5.78 Å². The van der Waals surface area contributed by atoms with Gasteiger partial charge in [-0.3, -0.25) is 4.79 Å². The average Bonchev–Trinajstić information content (AvgIpc) is 2.75. The zero-order valence-electron chi connectivity index (χ0n) is 16.6. The van der Waals surface area contributed by atoms with Crippen molar-refractivity contribution in [2.45, 2.75) is 77.9 Å². The minimum Gasteiger partial charge on any atom is -0.399 e. The zero-order chi connectivity index (χ0) is 19.4. The standard InChI is InChI=1S/C20H30BNO4/c1-15(23)10-7-6-8-13-18(24)22-17-12-9-11-16(14-17)21-25-19(2,3)20(4,5)26-21/h9,11-12,14H,6-8,10,13H2,1-5H3,(H,22,24). The molecule has 0 aliphatic carbocycles. The third kappa shape index (κ3) is 5.42. The number of anilines is 1. The van der Waals surface area contributed by atoms with Gasteiger partial charge < -0.3 is 19.4 Å². The van der Waals surface area contributed by atoms with Gasteiger partial charge in [-0.2, -0.15) is 0 Å². The summed E-state index contributed by atoms with van der Waals surface area (Å²) >= 11 is 0. The van der Waals surface area contributed by atoms with Crippen LogP contribution in [-0.2, 0) is 18.9 Å². The minimum atomic E-state index is -0.441. The Morgan fingerprint density at radius 2 is 1.62 bits per heavy atom. The van der Waals surface area contributed by atoms with Crippen molar-refractivity contribution in [2.75, 3.05) is 5.32 Å². The van der Waals surface area contributed by atoms with E-state index in [1.807, 2.05) is 52.0 Å². The first-order valence-corrected chi connectivity index (χ1v) is 9.36. The topological polar surface area (TPSA) is 64.6 Å². The molecule has 1 aliphatic heterocycles. The van der Waals surface area contributed by atoms with Gasteiger partial charge in [0, 0.05) is 18.5 Å². The molecule has 0 aromatic heterocycles. The molecule has 0 spiro atoms. The van der Waals surface area contributed by atoms with Gasteiger partial charge >= 0.3 is 7.12 Å². The van der Waals surface area contributed by atoms with E-state index < -0.39 is 18.3 Å². The number of ketones is 1. The average molecular weight is 359 g/mol. The normalized spacial score (nSPS) is 18.0. The van der Waals surface area contributed by atoms with Crippen molar-refractivity contribution in [1.29, 1.82) is 0 Å². The Labute approximate surface area is 157 Å². The number of hydrogen-bond acceptors (Lipinski definition) is 4. The lowest BCUT2D eigenvalue weighted by atomic mass is 9.79. The molecule has 0 atom stereocenters. The molecule has 0 bridgehead atoms. The lowest BCUT2D eigenvalue weighted by Gasteiger charge is -2.32. The predicted molar refractivity (Wildman–Crippen MR) is 105 cm³/mol. The van der Waals surface area contributed by atoms with Crippen LogP contribution in [0.5, 0.6) is 0 Å². The van der Waals surface area contributed by atoms with Gasteiger partial charge in [-0.05, 0) is 65.1 Å². The van der Waals surface area contributed by atoms with Crippen LogP contribution in [0.15, 0.2) is 24.3 Å². The van der Waals surface area contributed by atoms with Gasteiger partial charge in [-0.15, -0.1) is 0 Å². The first kappa shape index (κ1) is 20.7. The summed E-state index contributed by atoms with van der Waals surface area (Å²) in [6.45, 7) is 9.67. The molecule has 0 saturated carbocycles. The number of rotatable bonds is 8. The largest absolute Gasteiger partial charge is 0.494 e. The summed E-state index contributed by atoms with van der Waals surface area (Å²) in [6, 6.07) is 7.60. The molecular weight excluding hydrogens is 329 g/mol. The van der Waals surface area contributed by atoms with E-state index in [4.69, 9.17) is 9.31 Å². The van der Waals surface area contributed by atoms with Crippen molar-refractivity contribution in [3.63, 3.8) is 0 Å². The van der Waals surface area contributed by atoms with Gasteiger partial charge in [0.15, 0.2) is 0 Å². The summed E-state index contributed by atoms with van der Waals surface area (Å²) in [7, 11) is -0.441. The van der Waals surface area contributed by atoms with Crippen LogP contribution in [0.2, 0.25) is 0 Å². The van der Waals surface area contributed by atoms with Crippen LogP contribution < -0.4 is 10.8 Å². The second kappa shape index (κ2) is 8.36. The Morgan fingerprint density at radius 1 is 1.00 bits per heavy atom. The highest BCUT2D eigenvalue weighted by Crippen LogP contribution is 2.36. The predicted octanol–water partition coefficient (Wildman–Crippen LogP) is 3.46. The summed E-state index contributed by atoms with van der Waals surface area (Å²) in [6.07, 6.45) is 3.58. The lowest BCUT2D eigenvalue weighted by molar-refractivity contribution is -0.117. The quantitative estimate of drug-likeness (QED) is 0.570. The van der Waals surface area contributed by atoms with Gasteiger partial charge in [-0.1, -0.05) is 18.6 Å². The van der Waals surface area contributed by atoms with Crippen LogP contribution in [0.4, 0.5) is 5.69 Å². The molecule has 1 aliphatic rings. The van der Waals surface area contributed by atoms with Gasteiger partial charge in [-0.25, -0.2) is 0 Å². The van der Waals surface area contributed by atoms with E-state index in [2.05, 4.69) is 5.32 Å². The van der Waals surface area contributed by atoms with E-state index >= 15 is 0 Å². The first-order chi connectivity index (χ1) is 12.1. The molecule has 1 aromatic carbocycles. The number of amides is 1. The van der Waals surface area contributed by atoms with E-state index in [-0.39, 0.29) is 11.7 Å². The fourth-order valence-corrected chi connectivity index (χ4v) is 2.80. The molecule has 1 saturated heterocycles. The second-order valence-electron chi connectivity index (χ2n) is 8.02. The number of Topliss-reactive ketones (excluding diaryl/α,β-unsaturated/α-hetero) is 1. The fraction of sp³-hybridized carbons (Fsp3) is 0.600. The van der Waals surface area contributed by atoms with E-state index in [0.29, 0.717) is 12.8 Å². The number of carbonyl (C=O) groups excluding carboxylic acids is 2. The van der Waals surface area contributed by atoms with Crippen LogP contribution in [0.1, 0.15) is 66.7 Å². The van der Waals surface area contributed by atoms with Crippen molar-refractivity contribution in [2.24, 2.45) is 0 Å². The summed E-state index contributed by atoms with van der Waals surface area (Å²) in [4.78, 5) is 23.0. The minimum absolute atomic E-state index is 0.0149. The van der Waals surface area contributed by atoms with Crippen LogP contribution in [-0.4, -0.2) is 30.0 Å². The van der Waals surface area contributed by atoms with E-state index in [9.17, 15) is 9.59 Å². The molecule has 5 nitrogen and oxygen atoms in total. The Bertz CT molecular complexity index is 641. The highest BCUT2D eigenvalue weighted by Gasteiger charge is 2.51. The lowest BCUT2D eigenvalue weighted by Crippen LogP contribution is -2.41. The van der Waals surface area contributed by atoms with Crippen LogP contribution >= 0.6 is 0 Å². The zero-order valence-corrected chi connectivity index (χ0v) is 16.6. The van der Waals surface area contributed by atoms with Crippen LogP contribution in [0.25, 0.3) is 0 Å². The van der Waals surface area contributed by atoms with Crippen molar-refractivity contribution in [3.8, 4) is 0 Å². The summed E-state index contributed by atoms with van der Waals surface area (Å²) in [5.74, 6) is 0.188. The SMILES string of the molecule is CC(=O)CCCCCC(=O)Nc1cccc(B2OC(C)(C)C(C)(C)O2)c1. The molecular formula is C20H30BNO4. The monoisotopic (exact) mass is 359 g/mol. The van der Waals surface area contributed by atoms with Crippen molar-refractivity contribution >= 4 is 30.0 Å². The van der Waals surface area contributed by atoms with Crippen LogP contribution in [0, 0.1) is 0 Å². The molecule has 6 heteroatoms. The van der Waals surface area contributed by atoms with E-state index in [1.165, 1.54) is 0 Å². The first-order valence-electron chi connectivity index (χ1n) is 9.36. The third-order valence-electron chi connectivity index (χ3n) is 5.13. The molecule has 2 rings (SSSR count). The molecule has 26 heavy (non-hydrogen) atoms. The molecule has 0 radical (unpaired) electrons. The smallest absolute Gasteiger partial charge is 0.399 e. The van der Waals surface area contributed by atoms with Crippen molar-refractivity contribution < 1.29 is 18.9 Å². The summed E-state index contributed by atoms with van der Waals surface area (Å²) in [5, 5.41) is 2.93. The Kier molecular flexibility index (Phi) is 6.64. The molecule has 1 N–H and O–H groups in total. The van der Waals surface area contributed by atoms with Crippen molar-refractivity contribution in [1.82, 2.24) is 0 Å². The third-order valence-corrected chi connectivity index (χ3v) is 5.13. The molecule has 1 heterocycles. The Morgan fingerprint density at radius 3 is 2.23 bits per heavy atom. The molecule has 142 valence electrons. The number of carbonyl (C=O) groups is 2.